The normalized spacial score (nSPS) is 33.2. The zero-order valence-electron chi connectivity index (χ0n) is 9.64. The zero-order chi connectivity index (χ0) is 9.84. The van der Waals surface area contributed by atoms with Gasteiger partial charge in [0, 0.05) is 6.04 Å². The van der Waals surface area contributed by atoms with E-state index in [9.17, 15) is 0 Å². The predicted octanol–water partition coefficient (Wildman–Crippen LogP) is 3.06. The summed E-state index contributed by atoms with van der Waals surface area (Å²) in [6.45, 7) is 7.07. The third kappa shape index (κ3) is 2.70. The Bertz CT molecular complexity index is 144. The molecule has 0 aromatic heterocycles. The highest BCUT2D eigenvalue weighted by Crippen LogP contribution is 2.35. The van der Waals surface area contributed by atoms with Gasteiger partial charge < -0.3 is 5.32 Å². The standard InChI is InChI=1S/C12H25N/c1-5-10(3)12(13-4)11-7-6-9(2)8-11/h9-13H,5-8H2,1-4H3. The fourth-order valence-electron chi connectivity index (χ4n) is 2.82. The van der Waals surface area contributed by atoms with Crippen molar-refractivity contribution in [2.75, 3.05) is 7.05 Å². The van der Waals surface area contributed by atoms with Crippen LogP contribution in [0.25, 0.3) is 0 Å². The summed E-state index contributed by atoms with van der Waals surface area (Å²) < 4.78 is 0. The van der Waals surface area contributed by atoms with Crippen LogP contribution in [0.5, 0.6) is 0 Å². The molecule has 1 saturated carbocycles. The second kappa shape index (κ2) is 4.99. The van der Waals surface area contributed by atoms with E-state index in [4.69, 9.17) is 0 Å². The molecule has 0 saturated heterocycles. The molecule has 0 heterocycles. The molecule has 4 atom stereocenters. The lowest BCUT2D eigenvalue weighted by molar-refractivity contribution is 0.276. The lowest BCUT2D eigenvalue weighted by Gasteiger charge is -2.28. The molecular formula is C12H25N. The number of rotatable bonds is 4. The summed E-state index contributed by atoms with van der Waals surface area (Å²) in [6.07, 6.45) is 5.63. The Kier molecular flexibility index (Phi) is 4.24. The van der Waals surface area contributed by atoms with Crippen LogP contribution >= 0.6 is 0 Å². The van der Waals surface area contributed by atoms with E-state index >= 15 is 0 Å². The van der Waals surface area contributed by atoms with Gasteiger partial charge in [0.1, 0.15) is 0 Å². The molecule has 1 aliphatic carbocycles. The van der Waals surface area contributed by atoms with Crippen molar-refractivity contribution in [2.24, 2.45) is 17.8 Å². The van der Waals surface area contributed by atoms with Crippen LogP contribution in [0.2, 0.25) is 0 Å². The molecule has 1 N–H and O–H groups in total. The van der Waals surface area contributed by atoms with E-state index < -0.39 is 0 Å². The second-order valence-corrected chi connectivity index (χ2v) is 4.88. The summed E-state index contributed by atoms with van der Waals surface area (Å²) in [6, 6.07) is 0.759. The molecule has 0 bridgehead atoms. The van der Waals surface area contributed by atoms with Gasteiger partial charge in [-0.3, -0.25) is 0 Å². The van der Waals surface area contributed by atoms with Gasteiger partial charge in [0.05, 0.1) is 0 Å². The van der Waals surface area contributed by atoms with Crippen LogP contribution in [0.4, 0.5) is 0 Å². The van der Waals surface area contributed by atoms with Gasteiger partial charge in [0.15, 0.2) is 0 Å². The quantitative estimate of drug-likeness (QED) is 0.706. The van der Waals surface area contributed by atoms with Crippen LogP contribution in [-0.2, 0) is 0 Å². The topological polar surface area (TPSA) is 12.0 Å². The van der Waals surface area contributed by atoms with Gasteiger partial charge in [0.2, 0.25) is 0 Å². The summed E-state index contributed by atoms with van der Waals surface area (Å²) in [5.74, 6) is 2.74. The Morgan fingerprint density at radius 2 is 2.08 bits per heavy atom. The van der Waals surface area contributed by atoms with E-state index in [1.807, 2.05) is 0 Å². The molecule has 0 aromatic carbocycles. The van der Waals surface area contributed by atoms with Crippen molar-refractivity contribution in [1.29, 1.82) is 0 Å². The first kappa shape index (κ1) is 11.0. The third-order valence-electron chi connectivity index (χ3n) is 3.83. The van der Waals surface area contributed by atoms with Crippen LogP contribution in [0.1, 0.15) is 46.5 Å². The number of hydrogen-bond acceptors (Lipinski definition) is 1. The lowest BCUT2D eigenvalue weighted by Crippen LogP contribution is -2.38. The first-order valence-electron chi connectivity index (χ1n) is 5.86. The molecule has 1 fully saturated rings. The largest absolute Gasteiger partial charge is 0.316 e. The highest BCUT2D eigenvalue weighted by molar-refractivity contribution is 4.85. The maximum absolute atomic E-state index is 3.52. The summed E-state index contributed by atoms with van der Waals surface area (Å²) in [5, 5.41) is 3.52. The van der Waals surface area contributed by atoms with Gasteiger partial charge in [-0.05, 0) is 37.6 Å². The summed E-state index contributed by atoms with van der Waals surface area (Å²) in [5.41, 5.74) is 0. The number of nitrogens with one attached hydrogen (secondary N) is 1. The van der Waals surface area contributed by atoms with Crippen molar-refractivity contribution in [3.05, 3.63) is 0 Å². The van der Waals surface area contributed by atoms with E-state index in [1.165, 1.54) is 25.7 Å². The SMILES string of the molecule is CCC(C)C(NC)C1CCC(C)C1. The van der Waals surface area contributed by atoms with Crippen molar-refractivity contribution in [3.63, 3.8) is 0 Å². The predicted molar refractivity (Wildman–Crippen MR) is 58.8 cm³/mol. The fraction of sp³-hybridized carbons (Fsp3) is 1.00. The third-order valence-corrected chi connectivity index (χ3v) is 3.83. The Hall–Kier alpha value is -0.0400. The molecule has 0 radical (unpaired) electrons. The van der Waals surface area contributed by atoms with Gasteiger partial charge in [-0.15, -0.1) is 0 Å². The zero-order valence-corrected chi connectivity index (χ0v) is 9.64. The van der Waals surface area contributed by atoms with Crippen molar-refractivity contribution in [2.45, 2.75) is 52.5 Å². The first-order chi connectivity index (χ1) is 6.19. The monoisotopic (exact) mass is 183 g/mol. The highest BCUT2D eigenvalue weighted by Gasteiger charge is 2.30. The maximum Gasteiger partial charge on any atom is 0.0118 e. The minimum Gasteiger partial charge on any atom is -0.316 e. The Morgan fingerprint density at radius 3 is 2.46 bits per heavy atom. The Labute approximate surface area is 83.3 Å². The molecule has 1 nitrogen and oxygen atoms in total. The fourth-order valence-corrected chi connectivity index (χ4v) is 2.82. The molecule has 0 amide bonds. The minimum atomic E-state index is 0.759. The van der Waals surface area contributed by atoms with Crippen molar-refractivity contribution in [1.82, 2.24) is 5.32 Å². The summed E-state index contributed by atoms with van der Waals surface area (Å²) >= 11 is 0. The minimum absolute atomic E-state index is 0.759. The highest BCUT2D eigenvalue weighted by atomic mass is 14.9. The molecule has 0 aliphatic heterocycles. The summed E-state index contributed by atoms with van der Waals surface area (Å²) in [7, 11) is 2.12. The molecular weight excluding hydrogens is 158 g/mol. The Balaban J connectivity index is 2.46. The molecule has 0 aromatic rings. The van der Waals surface area contributed by atoms with E-state index in [1.54, 1.807) is 0 Å². The summed E-state index contributed by atoms with van der Waals surface area (Å²) in [4.78, 5) is 0. The molecule has 1 rings (SSSR count). The van der Waals surface area contributed by atoms with E-state index in [0.29, 0.717) is 0 Å². The van der Waals surface area contributed by atoms with Crippen LogP contribution in [0.3, 0.4) is 0 Å². The molecule has 4 unspecified atom stereocenters. The van der Waals surface area contributed by atoms with Gasteiger partial charge in [-0.25, -0.2) is 0 Å². The van der Waals surface area contributed by atoms with Crippen molar-refractivity contribution in [3.8, 4) is 0 Å². The van der Waals surface area contributed by atoms with E-state index in [0.717, 1.165) is 23.8 Å². The lowest BCUT2D eigenvalue weighted by atomic mass is 9.86. The smallest absolute Gasteiger partial charge is 0.0118 e. The van der Waals surface area contributed by atoms with Gasteiger partial charge in [-0.2, -0.15) is 0 Å². The van der Waals surface area contributed by atoms with Gasteiger partial charge in [0.25, 0.3) is 0 Å². The first-order valence-corrected chi connectivity index (χ1v) is 5.86. The van der Waals surface area contributed by atoms with Crippen molar-refractivity contribution < 1.29 is 0 Å². The maximum atomic E-state index is 3.52. The molecule has 0 spiro atoms. The molecule has 1 aliphatic rings. The van der Waals surface area contributed by atoms with Gasteiger partial charge in [-0.1, -0.05) is 33.6 Å². The van der Waals surface area contributed by atoms with E-state index in [-0.39, 0.29) is 0 Å². The average molecular weight is 183 g/mol. The van der Waals surface area contributed by atoms with Crippen LogP contribution < -0.4 is 5.32 Å². The average Bonchev–Trinajstić information content (AvgIpc) is 2.53. The molecule has 1 heteroatoms. The van der Waals surface area contributed by atoms with Gasteiger partial charge >= 0.3 is 0 Å². The molecule has 78 valence electrons. The van der Waals surface area contributed by atoms with Crippen molar-refractivity contribution >= 4 is 0 Å². The number of hydrogen-bond donors (Lipinski definition) is 1. The van der Waals surface area contributed by atoms with Crippen LogP contribution in [0.15, 0.2) is 0 Å². The van der Waals surface area contributed by atoms with Crippen LogP contribution in [0, 0.1) is 17.8 Å². The van der Waals surface area contributed by atoms with E-state index in [2.05, 4.69) is 33.1 Å². The second-order valence-electron chi connectivity index (χ2n) is 4.88. The Morgan fingerprint density at radius 1 is 1.38 bits per heavy atom. The molecule has 13 heavy (non-hydrogen) atoms. The van der Waals surface area contributed by atoms with Crippen LogP contribution in [-0.4, -0.2) is 13.1 Å².